The highest BCUT2D eigenvalue weighted by atomic mass is 35.5. The molecular formula is C13H8Cl2N2O3. The van der Waals surface area contributed by atoms with E-state index in [4.69, 9.17) is 23.2 Å². The molecule has 0 aromatic heterocycles. The van der Waals surface area contributed by atoms with Crippen LogP contribution in [0.15, 0.2) is 41.4 Å². The van der Waals surface area contributed by atoms with Crippen molar-refractivity contribution < 1.29 is 10.0 Å². The van der Waals surface area contributed by atoms with Crippen molar-refractivity contribution in [3.63, 3.8) is 0 Å². The molecule has 2 aromatic rings. The van der Waals surface area contributed by atoms with Crippen LogP contribution in [0.2, 0.25) is 10.0 Å². The van der Waals surface area contributed by atoms with Gasteiger partial charge in [0.15, 0.2) is 0 Å². The molecule has 20 heavy (non-hydrogen) atoms. The topological polar surface area (TPSA) is 75.7 Å². The Hall–Kier alpha value is -2.11. The second-order valence-corrected chi connectivity index (χ2v) is 4.64. The lowest BCUT2D eigenvalue weighted by molar-refractivity contribution is -0.385. The van der Waals surface area contributed by atoms with E-state index in [1.165, 1.54) is 24.4 Å². The zero-order valence-electron chi connectivity index (χ0n) is 9.96. The molecule has 102 valence electrons. The third-order valence-corrected chi connectivity index (χ3v) is 3.24. The van der Waals surface area contributed by atoms with Gasteiger partial charge in [-0.15, -0.1) is 0 Å². The number of halogens is 2. The van der Waals surface area contributed by atoms with E-state index in [0.717, 1.165) is 0 Å². The van der Waals surface area contributed by atoms with E-state index in [1.54, 1.807) is 18.2 Å². The summed E-state index contributed by atoms with van der Waals surface area (Å²) in [6, 6.07) is 8.97. The summed E-state index contributed by atoms with van der Waals surface area (Å²) in [6.07, 6.45) is 1.32. The molecule has 1 N–H and O–H groups in total. The van der Waals surface area contributed by atoms with Gasteiger partial charge in [-0.2, -0.15) is 0 Å². The first kappa shape index (κ1) is 14.3. The number of para-hydroxylation sites is 1. The fraction of sp³-hybridized carbons (Fsp3) is 0. The number of phenolic OH excluding ortho intramolecular Hbond substituents is 1. The number of aliphatic imine (C=N–C) groups is 1. The van der Waals surface area contributed by atoms with E-state index in [-0.39, 0.29) is 11.3 Å². The van der Waals surface area contributed by atoms with Gasteiger partial charge in [-0.1, -0.05) is 29.3 Å². The number of aromatic hydroxyl groups is 1. The molecule has 2 aromatic carbocycles. The average molecular weight is 311 g/mol. The quantitative estimate of drug-likeness (QED) is 0.520. The van der Waals surface area contributed by atoms with Gasteiger partial charge in [0.25, 0.3) is 0 Å². The predicted molar refractivity (Wildman–Crippen MR) is 78.5 cm³/mol. The molecule has 2 rings (SSSR count). The summed E-state index contributed by atoms with van der Waals surface area (Å²) in [5, 5.41) is 21.2. The Labute approximate surface area is 124 Å². The van der Waals surface area contributed by atoms with E-state index in [9.17, 15) is 15.2 Å². The van der Waals surface area contributed by atoms with Gasteiger partial charge in [-0.25, -0.2) is 0 Å². The fourth-order valence-electron chi connectivity index (χ4n) is 1.51. The van der Waals surface area contributed by atoms with Crippen LogP contribution < -0.4 is 0 Å². The smallest absolute Gasteiger partial charge is 0.311 e. The lowest BCUT2D eigenvalue weighted by Crippen LogP contribution is -1.91. The van der Waals surface area contributed by atoms with Gasteiger partial charge < -0.3 is 5.11 Å². The standard InChI is InChI=1S/C13H8Cl2N2O3/c14-10-5-4-9(6-11(10)15)16-7-8-2-1-3-12(13(8)18)17(19)20/h1-7,18H. The Balaban J connectivity index is 2.34. The molecule has 0 aliphatic heterocycles. The molecule has 0 saturated heterocycles. The highest BCUT2D eigenvalue weighted by molar-refractivity contribution is 6.42. The van der Waals surface area contributed by atoms with Gasteiger partial charge in [0.05, 0.1) is 20.7 Å². The molecule has 5 nitrogen and oxygen atoms in total. The second-order valence-electron chi connectivity index (χ2n) is 3.83. The van der Waals surface area contributed by atoms with Crippen molar-refractivity contribution in [2.45, 2.75) is 0 Å². The number of benzene rings is 2. The van der Waals surface area contributed by atoms with Crippen LogP contribution in [0.25, 0.3) is 0 Å². The molecule has 0 radical (unpaired) electrons. The molecule has 0 atom stereocenters. The van der Waals surface area contributed by atoms with E-state index in [0.29, 0.717) is 15.7 Å². The minimum Gasteiger partial charge on any atom is -0.502 e. The van der Waals surface area contributed by atoms with Crippen LogP contribution in [0, 0.1) is 10.1 Å². The Morgan fingerprint density at radius 3 is 2.60 bits per heavy atom. The van der Waals surface area contributed by atoms with Gasteiger partial charge in [0, 0.05) is 17.8 Å². The predicted octanol–water partition coefficient (Wildman–Crippen LogP) is 4.36. The summed E-state index contributed by atoms with van der Waals surface area (Å²) in [7, 11) is 0. The van der Waals surface area contributed by atoms with Crippen molar-refractivity contribution in [1.29, 1.82) is 0 Å². The molecule has 0 unspecified atom stereocenters. The molecule has 7 heteroatoms. The highest BCUT2D eigenvalue weighted by Gasteiger charge is 2.14. The maximum atomic E-state index is 10.7. The molecule has 0 spiro atoms. The van der Waals surface area contributed by atoms with E-state index >= 15 is 0 Å². The monoisotopic (exact) mass is 310 g/mol. The number of hydrogen-bond acceptors (Lipinski definition) is 4. The first-order valence-corrected chi connectivity index (χ1v) is 6.20. The third kappa shape index (κ3) is 3.07. The Morgan fingerprint density at radius 2 is 1.95 bits per heavy atom. The van der Waals surface area contributed by atoms with Gasteiger partial charge in [0.1, 0.15) is 0 Å². The lowest BCUT2D eigenvalue weighted by Gasteiger charge is -2.00. The SMILES string of the molecule is O=[N+]([O-])c1cccc(C=Nc2ccc(Cl)c(Cl)c2)c1O. The van der Waals surface area contributed by atoms with Crippen LogP contribution in [0.4, 0.5) is 11.4 Å². The summed E-state index contributed by atoms with van der Waals surface area (Å²) in [5.41, 5.74) is 0.388. The maximum absolute atomic E-state index is 10.7. The molecule has 0 fully saturated rings. The van der Waals surface area contributed by atoms with Crippen molar-refractivity contribution in [1.82, 2.24) is 0 Å². The molecule has 0 amide bonds. The van der Waals surface area contributed by atoms with Gasteiger partial charge in [0.2, 0.25) is 5.75 Å². The first-order valence-electron chi connectivity index (χ1n) is 5.44. The molecule has 0 saturated carbocycles. The van der Waals surface area contributed by atoms with Crippen LogP contribution in [-0.4, -0.2) is 16.2 Å². The number of nitro benzene ring substituents is 1. The zero-order valence-corrected chi connectivity index (χ0v) is 11.5. The van der Waals surface area contributed by atoms with Gasteiger partial charge >= 0.3 is 5.69 Å². The van der Waals surface area contributed by atoms with Crippen molar-refractivity contribution in [3.05, 3.63) is 62.1 Å². The number of rotatable bonds is 3. The van der Waals surface area contributed by atoms with Crippen molar-refractivity contribution in [2.75, 3.05) is 0 Å². The molecule has 0 aliphatic carbocycles. The lowest BCUT2D eigenvalue weighted by atomic mass is 10.2. The maximum Gasteiger partial charge on any atom is 0.311 e. The number of phenols is 1. The van der Waals surface area contributed by atoms with Crippen LogP contribution in [-0.2, 0) is 0 Å². The van der Waals surface area contributed by atoms with Gasteiger partial charge in [-0.05, 0) is 24.3 Å². The Bertz CT molecular complexity index is 702. The average Bonchev–Trinajstić information content (AvgIpc) is 2.41. The summed E-state index contributed by atoms with van der Waals surface area (Å²) < 4.78 is 0. The van der Waals surface area contributed by atoms with E-state index < -0.39 is 10.7 Å². The first-order chi connectivity index (χ1) is 9.49. The molecule has 0 heterocycles. The van der Waals surface area contributed by atoms with E-state index in [1.807, 2.05) is 0 Å². The minimum atomic E-state index is -0.661. The van der Waals surface area contributed by atoms with Crippen LogP contribution in [0.5, 0.6) is 5.75 Å². The largest absolute Gasteiger partial charge is 0.502 e. The minimum absolute atomic E-state index is 0.241. The molecular weight excluding hydrogens is 303 g/mol. The fourth-order valence-corrected chi connectivity index (χ4v) is 1.80. The third-order valence-electron chi connectivity index (χ3n) is 2.50. The van der Waals surface area contributed by atoms with Crippen molar-refractivity contribution in [3.8, 4) is 5.75 Å². The van der Waals surface area contributed by atoms with E-state index in [2.05, 4.69) is 4.99 Å². The van der Waals surface area contributed by atoms with Crippen LogP contribution in [0.3, 0.4) is 0 Å². The molecule has 0 bridgehead atoms. The summed E-state index contributed by atoms with van der Waals surface area (Å²) in [4.78, 5) is 14.1. The van der Waals surface area contributed by atoms with Gasteiger partial charge in [-0.3, -0.25) is 15.1 Å². The van der Waals surface area contributed by atoms with Crippen LogP contribution in [0.1, 0.15) is 5.56 Å². The Kier molecular flexibility index (Phi) is 4.22. The number of hydrogen-bond donors (Lipinski definition) is 1. The second kappa shape index (κ2) is 5.90. The normalized spacial score (nSPS) is 10.9. The summed E-state index contributed by atoms with van der Waals surface area (Å²) in [6.45, 7) is 0. The Morgan fingerprint density at radius 1 is 1.20 bits per heavy atom. The zero-order chi connectivity index (χ0) is 14.7. The summed E-state index contributed by atoms with van der Waals surface area (Å²) in [5.74, 6) is -0.429. The number of nitro groups is 1. The summed E-state index contributed by atoms with van der Waals surface area (Å²) >= 11 is 11.6. The number of nitrogens with zero attached hydrogens (tertiary/aromatic N) is 2. The van der Waals surface area contributed by atoms with Crippen molar-refractivity contribution >= 4 is 40.8 Å². The highest BCUT2D eigenvalue weighted by Crippen LogP contribution is 2.29. The van der Waals surface area contributed by atoms with Crippen LogP contribution >= 0.6 is 23.2 Å². The van der Waals surface area contributed by atoms with Crippen molar-refractivity contribution in [2.24, 2.45) is 4.99 Å². The molecule has 0 aliphatic rings.